The van der Waals surface area contributed by atoms with Gasteiger partial charge in [-0.05, 0) is 53.1 Å². The fourth-order valence-electron chi connectivity index (χ4n) is 3.90. The van der Waals surface area contributed by atoms with Crippen LogP contribution in [0.5, 0.6) is 0 Å². The number of carbonyl (C=O) groups is 3. The van der Waals surface area contributed by atoms with Crippen molar-refractivity contribution in [3.63, 3.8) is 0 Å². The number of likely N-dealkylation sites (N-methyl/N-ethyl adjacent to an activating group) is 1. The number of nitrogens with two attached hydrogens (primary N) is 1. The molecule has 0 radical (unpaired) electrons. The lowest BCUT2D eigenvalue weighted by Crippen LogP contribution is -2.36. The number of para-hydroxylation sites is 1. The number of anilines is 3. The molecule has 0 heterocycles. The van der Waals surface area contributed by atoms with E-state index in [1.165, 1.54) is 4.90 Å². The Morgan fingerprint density at radius 1 is 0.730 bits per heavy atom. The summed E-state index contributed by atoms with van der Waals surface area (Å²) in [5, 5.41) is 5.66. The van der Waals surface area contributed by atoms with Crippen LogP contribution in [0.15, 0.2) is 103 Å². The number of nitrogens with zero attached hydrogens (tertiary/aromatic N) is 1. The van der Waals surface area contributed by atoms with Crippen LogP contribution in [-0.2, 0) is 9.59 Å². The number of hydrogen-bond acceptors (Lipinski definition) is 4. The highest BCUT2D eigenvalue weighted by Gasteiger charge is 2.30. The largest absolute Gasteiger partial charge is 0.397 e. The van der Waals surface area contributed by atoms with E-state index in [4.69, 9.17) is 5.73 Å². The van der Waals surface area contributed by atoms with Gasteiger partial charge < -0.3 is 21.3 Å². The molecule has 37 heavy (non-hydrogen) atoms. The molecular formula is C30H28N4O3. The van der Waals surface area contributed by atoms with Gasteiger partial charge >= 0.3 is 0 Å². The van der Waals surface area contributed by atoms with Gasteiger partial charge in [0.25, 0.3) is 5.91 Å². The number of rotatable bonds is 7. The molecule has 3 amide bonds. The van der Waals surface area contributed by atoms with Crippen LogP contribution in [0.25, 0.3) is 11.1 Å². The molecule has 0 aliphatic rings. The fourth-order valence-corrected chi connectivity index (χ4v) is 3.90. The molecule has 0 aliphatic carbocycles. The predicted octanol–water partition coefficient (Wildman–Crippen LogP) is 5.00. The number of amides is 3. The van der Waals surface area contributed by atoms with E-state index in [9.17, 15) is 14.4 Å². The summed E-state index contributed by atoms with van der Waals surface area (Å²) < 4.78 is 0. The quantitative estimate of drug-likeness (QED) is 0.249. The lowest BCUT2D eigenvalue weighted by molar-refractivity contribution is -0.134. The normalized spacial score (nSPS) is 11.3. The fraction of sp³-hybridized carbons (Fsp3) is 0.100. The summed E-state index contributed by atoms with van der Waals surface area (Å²) in [7, 11) is 3.20. The average Bonchev–Trinajstić information content (AvgIpc) is 2.91. The second-order valence-corrected chi connectivity index (χ2v) is 8.77. The zero-order chi connectivity index (χ0) is 26.4. The van der Waals surface area contributed by atoms with Crippen LogP contribution in [-0.4, -0.2) is 36.7 Å². The Kier molecular flexibility index (Phi) is 7.64. The molecule has 4 N–H and O–H groups in total. The van der Waals surface area contributed by atoms with Crippen molar-refractivity contribution >= 4 is 34.8 Å². The molecule has 1 unspecified atom stereocenters. The molecule has 4 aromatic carbocycles. The monoisotopic (exact) mass is 492 g/mol. The first-order valence-corrected chi connectivity index (χ1v) is 11.8. The van der Waals surface area contributed by atoms with E-state index in [0.29, 0.717) is 28.2 Å². The Morgan fingerprint density at radius 3 is 1.97 bits per heavy atom. The van der Waals surface area contributed by atoms with Gasteiger partial charge in [-0.25, -0.2) is 0 Å². The lowest BCUT2D eigenvalue weighted by Gasteiger charge is -2.21. The Balaban J connectivity index is 1.54. The summed E-state index contributed by atoms with van der Waals surface area (Å²) in [4.78, 5) is 40.3. The minimum Gasteiger partial charge on any atom is -0.397 e. The smallest absolute Gasteiger partial charge is 0.255 e. The molecule has 186 valence electrons. The third kappa shape index (κ3) is 6.02. The topological polar surface area (TPSA) is 105 Å². The zero-order valence-corrected chi connectivity index (χ0v) is 20.6. The summed E-state index contributed by atoms with van der Waals surface area (Å²) >= 11 is 0. The minimum atomic E-state index is -1.06. The second-order valence-electron chi connectivity index (χ2n) is 8.77. The second kappa shape index (κ2) is 11.2. The Bertz CT molecular complexity index is 1400. The van der Waals surface area contributed by atoms with Crippen molar-refractivity contribution in [1.82, 2.24) is 4.90 Å². The molecule has 0 fully saturated rings. The maximum Gasteiger partial charge on any atom is 0.255 e. The van der Waals surface area contributed by atoms with Crippen LogP contribution in [0.2, 0.25) is 0 Å². The molecular weight excluding hydrogens is 464 g/mol. The van der Waals surface area contributed by atoms with Crippen molar-refractivity contribution in [2.75, 3.05) is 30.5 Å². The molecule has 0 spiro atoms. The molecule has 0 aromatic heterocycles. The van der Waals surface area contributed by atoms with E-state index in [-0.39, 0.29) is 11.8 Å². The van der Waals surface area contributed by atoms with Crippen LogP contribution in [0.3, 0.4) is 0 Å². The van der Waals surface area contributed by atoms with E-state index < -0.39 is 11.8 Å². The van der Waals surface area contributed by atoms with Gasteiger partial charge in [0.1, 0.15) is 5.92 Å². The number of benzene rings is 4. The van der Waals surface area contributed by atoms with Gasteiger partial charge in [-0.2, -0.15) is 0 Å². The summed E-state index contributed by atoms with van der Waals surface area (Å²) in [6, 6.07) is 30.6. The summed E-state index contributed by atoms with van der Waals surface area (Å²) in [6.45, 7) is 0. The van der Waals surface area contributed by atoms with Gasteiger partial charge in [-0.1, -0.05) is 66.7 Å². The predicted molar refractivity (Wildman–Crippen MR) is 147 cm³/mol. The molecule has 4 aromatic rings. The summed E-state index contributed by atoms with van der Waals surface area (Å²) in [5.74, 6) is -2.23. The van der Waals surface area contributed by atoms with E-state index in [1.807, 2.05) is 48.5 Å². The molecule has 7 nitrogen and oxygen atoms in total. The van der Waals surface area contributed by atoms with Crippen LogP contribution in [0.1, 0.15) is 21.8 Å². The van der Waals surface area contributed by atoms with E-state index in [2.05, 4.69) is 10.6 Å². The van der Waals surface area contributed by atoms with Gasteiger partial charge in [-0.3, -0.25) is 14.4 Å². The highest BCUT2D eigenvalue weighted by atomic mass is 16.2. The molecule has 7 heteroatoms. The van der Waals surface area contributed by atoms with Crippen molar-refractivity contribution in [3.05, 3.63) is 114 Å². The maximum absolute atomic E-state index is 13.1. The molecule has 0 aliphatic heterocycles. The Morgan fingerprint density at radius 2 is 1.35 bits per heavy atom. The SMILES string of the molecule is CN(C)C(=O)C(C(=O)Nc1ccccc1)c1ccc(C(=O)Nc2cc(-c3ccccc3)ccc2N)cc1. The zero-order valence-electron chi connectivity index (χ0n) is 20.6. The molecule has 4 rings (SSSR count). The Labute approximate surface area is 215 Å². The minimum absolute atomic E-state index is 0.354. The maximum atomic E-state index is 13.1. The van der Waals surface area contributed by atoms with Crippen molar-refractivity contribution in [2.24, 2.45) is 0 Å². The molecule has 0 saturated carbocycles. The van der Waals surface area contributed by atoms with Crippen LogP contribution in [0.4, 0.5) is 17.1 Å². The lowest BCUT2D eigenvalue weighted by atomic mass is 9.95. The van der Waals surface area contributed by atoms with Gasteiger partial charge in [-0.15, -0.1) is 0 Å². The summed E-state index contributed by atoms with van der Waals surface area (Å²) in [6.07, 6.45) is 0. The van der Waals surface area contributed by atoms with Gasteiger partial charge in [0, 0.05) is 25.3 Å². The first-order valence-electron chi connectivity index (χ1n) is 11.8. The third-order valence-corrected chi connectivity index (χ3v) is 5.91. The third-order valence-electron chi connectivity index (χ3n) is 5.91. The number of nitrogen functional groups attached to an aromatic ring is 1. The van der Waals surface area contributed by atoms with Crippen LogP contribution < -0.4 is 16.4 Å². The highest BCUT2D eigenvalue weighted by Crippen LogP contribution is 2.28. The molecule has 0 bridgehead atoms. The van der Waals surface area contributed by atoms with Gasteiger partial charge in [0.15, 0.2) is 0 Å². The first kappa shape index (κ1) is 25.2. The highest BCUT2D eigenvalue weighted by molar-refractivity contribution is 6.11. The first-order chi connectivity index (χ1) is 17.8. The Hall–Kier alpha value is -4.91. The van der Waals surface area contributed by atoms with Crippen molar-refractivity contribution in [1.29, 1.82) is 0 Å². The van der Waals surface area contributed by atoms with Crippen molar-refractivity contribution < 1.29 is 14.4 Å². The van der Waals surface area contributed by atoms with Crippen LogP contribution >= 0.6 is 0 Å². The van der Waals surface area contributed by atoms with Crippen molar-refractivity contribution in [3.8, 4) is 11.1 Å². The van der Waals surface area contributed by atoms with E-state index in [1.54, 1.807) is 68.7 Å². The van der Waals surface area contributed by atoms with Gasteiger partial charge in [0.2, 0.25) is 11.8 Å². The van der Waals surface area contributed by atoms with Crippen molar-refractivity contribution in [2.45, 2.75) is 5.92 Å². The molecule has 0 saturated heterocycles. The summed E-state index contributed by atoms with van der Waals surface area (Å²) in [5.41, 5.74) is 10.4. The van der Waals surface area contributed by atoms with E-state index >= 15 is 0 Å². The van der Waals surface area contributed by atoms with Crippen LogP contribution in [0, 0.1) is 0 Å². The standard InChI is InChI=1S/C30H28N4O3/c1-34(2)30(37)27(29(36)32-24-11-7-4-8-12-24)21-13-15-22(16-14-21)28(35)33-26-19-23(17-18-25(26)31)20-9-5-3-6-10-20/h3-19,27H,31H2,1-2H3,(H,32,36)(H,33,35). The molecule has 1 atom stereocenters. The number of nitrogens with one attached hydrogen (secondary N) is 2. The number of hydrogen-bond donors (Lipinski definition) is 3. The van der Waals surface area contributed by atoms with Gasteiger partial charge in [0.05, 0.1) is 11.4 Å². The number of carbonyl (C=O) groups excluding carboxylic acids is 3. The average molecular weight is 493 g/mol. The van der Waals surface area contributed by atoms with E-state index in [0.717, 1.165) is 11.1 Å².